The maximum Gasteiger partial charge on any atom is 0.405 e. The minimum atomic E-state index is -0.943. The van der Waals surface area contributed by atoms with Gasteiger partial charge in [0.2, 0.25) is 0 Å². The van der Waals surface area contributed by atoms with Gasteiger partial charge in [0.05, 0.1) is 0 Å². The first-order valence-electron chi connectivity index (χ1n) is 5.71. The van der Waals surface area contributed by atoms with Crippen LogP contribution in [0.2, 0.25) is 0 Å². The summed E-state index contributed by atoms with van der Waals surface area (Å²) < 4.78 is 4.75. The average molecular weight is 251 g/mol. The Morgan fingerprint density at radius 3 is 2.83 bits per heavy atom. The third kappa shape index (κ3) is 4.82. The lowest BCUT2D eigenvalue weighted by atomic mass is 10.1. The van der Waals surface area contributed by atoms with Crippen LogP contribution in [-0.2, 0) is 16.0 Å². The topological polar surface area (TPSA) is 94.3 Å². The van der Waals surface area contributed by atoms with Crippen molar-refractivity contribution in [1.82, 2.24) is 10.3 Å². The van der Waals surface area contributed by atoms with Crippen molar-refractivity contribution in [1.29, 1.82) is 0 Å². The molecule has 1 heterocycles. The van der Waals surface area contributed by atoms with Gasteiger partial charge in [0.25, 0.3) is 5.91 Å². The van der Waals surface area contributed by atoms with Gasteiger partial charge in [-0.25, -0.2) is 4.79 Å². The molecule has 0 aliphatic heterocycles. The summed E-state index contributed by atoms with van der Waals surface area (Å²) in [6.45, 7) is 0. The molecule has 1 atom stereocenters. The number of carbonyl (C=O) groups is 2. The van der Waals surface area contributed by atoms with Crippen molar-refractivity contribution in [2.75, 3.05) is 7.05 Å². The number of likely N-dealkylation sites (N-methyl/N-ethyl adjacent to an activating group) is 1. The van der Waals surface area contributed by atoms with Crippen LogP contribution in [-0.4, -0.2) is 30.1 Å². The minimum absolute atomic E-state index is 0.352. The van der Waals surface area contributed by atoms with Gasteiger partial charge < -0.3 is 15.8 Å². The SMILES string of the molecule is CNC(=O)C(CCCc1ccccn1)OC(N)=O. The van der Waals surface area contributed by atoms with Crippen molar-refractivity contribution < 1.29 is 14.3 Å². The molecule has 0 bridgehead atoms. The van der Waals surface area contributed by atoms with Crippen molar-refractivity contribution in [3.8, 4) is 0 Å². The molecule has 98 valence electrons. The van der Waals surface area contributed by atoms with Crippen LogP contribution in [0.15, 0.2) is 24.4 Å². The number of aromatic nitrogens is 1. The van der Waals surface area contributed by atoms with Crippen LogP contribution in [0.5, 0.6) is 0 Å². The lowest BCUT2D eigenvalue weighted by Crippen LogP contribution is -2.37. The number of nitrogens with zero attached hydrogens (tertiary/aromatic N) is 1. The summed E-state index contributed by atoms with van der Waals surface area (Å²) in [6.07, 6.45) is 1.75. The molecule has 0 radical (unpaired) electrons. The second kappa shape index (κ2) is 7.26. The molecule has 0 aliphatic rings. The van der Waals surface area contributed by atoms with E-state index in [1.54, 1.807) is 6.20 Å². The number of ether oxygens (including phenoxy) is 1. The first-order chi connectivity index (χ1) is 8.63. The highest BCUT2D eigenvalue weighted by Crippen LogP contribution is 2.07. The molecule has 6 heteroatoms. The van der Waals surface area contributed by atoms with Crippen LogP contribution in [0, 0.1) is 0 Å². The molecule has 3 N–H and O–H groups in total. The van der Waals surface area contributed by atoms with E-state index < -0.39 is 12.2 Å². The smallest absolute Gasteiger partial charge is 0.405 e. The van der Waals surface area contributed by atoms with E-state index in [1.165, 1.54) is 7.05 Å². The number of nitrogens with one attached hydrogen (secondary N) is 1. The Morgan fingerprint density at radius 2 is 2.28 bits per heavy atom. The maximum atomic E-state index is 11.4. The van der Waals surface area contributed by atoms with E-state index in [2.05, 4.69) is 10.3 Å². The third-order valence-corrected chi connectivity index (χ3v) is 2.42. The highest BCUT2D eigenvalue weighted by molar-refractivity contribution is 5.82. The van der Waals surface area contributed by atoms with Crippen LogP contribution in [0.25, 0.3) is 0 Å². The Bertz CT molecular complexity index is 395. The molecule has 0 spiro atoms. The fourth-order valence-electron chi connectivity index (χ4n) is 1.56. The Balaban J connectivity index is 2.42. The number of primary amides is 1. The highest BCUT2D eigenvalue weighted by atomic mass is 16.6. The van der Waals surface area contributed by atoms with Crippen LogP contribution in [0.3, 0.4) is 0 Å². The van der Waals surface area contributed by atoms with E-state index >= 15 is 0 Å². The minimum Gasteiger partial charge on any atom is -0.436 e. The number of pyridine rings is 1. The normalized spacial score (nSPS) is 11.6. The summed E-state index contributed by atoms with van der Waals surface area (Å²) in [5.74, 6) is -0.352. The highest BCUT2D eigenvalue weighted by Gasteiger charge is 2.20. The molecule has 0 aliphatic carbocycles. The van der Waals surface area contributed by atoms with Crippen molar-refractivity contribution in [2.24, 2.45) is 5.73 Å². The zero-order valence-corrected chi connectivity index (χ0v) is 10.3. The zero-order chi connectivity index (χ0) is 13.4. The molecule has 2 amide bonds. The Labute approximate surface area is 106 Å². The van der Waals surface area contributed by atoms with Gasteiger partial charge in [-0.3, -0.25) is 9.78 Å². The lowest BCUT2D eigenvalue weighted by molar-refractivity contribution is -0.129. The van der Waals surface area contributed by atoms with Crippen molar-refractivity contribution >= 4 is 12.0 Å². The van der Waals surface area contributed by atoms with Crippen LogP contribution >= 0.6 is 0 Å². The fourth-order valence-corrected chi connectivity index (χ4v) is 1.56. The zero-order valence-electron chi connectivity index (χ0n) is 10.3. The van der Waals surface area contributed by atoms with Crippen LogP contribution < -0.4 is 11.1 Å². The van der Waals surface area contributed by atoms with E-state index in [1.807, 2.05) is 18.2 Å². The largest absolute Gasteiger partial charge is 0.436 e. The number of nitrogens with two attached hydrogens (primary N) is 1. The summed E-state index contributed by atoms with van der Waals surface area (Å²) in [7, 11) is 1.48. The molecule has 0 saturated carbocycles. The fraction of sp³-hybridized carbons (Fsp3) is 0.417. The first kappa shape index (κ1) is 14.0. The number of rotatable bonds is 6. The molecule has 0 aromatic carbocycles. The molecule has 1 aromatic rings. The number of hydrogen-bond acceptors (Lipinski definition) is 4. The maximum absolute atomic E-state index is 11.4. The standard InChI is InChI=1S/C12H17N3O3/c1-14-11(16)10(18-12(13)17)7-4-6-9-5-2-3-8-15-9/h2-3,5,8,10H,4,6-7H2,1H3,(H2,13,17)(H,14,16). The van der Waals surface area contributed by atoms with E-state index in [9.17, 15) is 9.59 Å². The van der Waals surface area contributed by atoms with E-state index in [0.29, 0.717) is 12.8 Å². The molecule has 0 fully saturated rings. The summed E-state index contributed by atoms with van der Waals surface area (Å²) in [6, 6.07) is 5.65. The van der Waals surface area contributed by atoms with Gasteiger partial charge in [-0.15, -0.1) is 0 Å². The second-order valence-corrected chi connectivity index (χ2v) is 3.75. The number of hydrogen-bond donors (Lipinski definition) is 2. The van der Waals surface area contributed by atoms with Gasteiger partial charge in [0.1, 0.15) is 0 Å². The predicted molar refractivity (Wildman–Crippen MR) is 65.7 cm³/mol. The van der Waals surface area contributed by atoms with Crippen LogP contribution in [0.1, 0.15) is 18.5 Å². The van der Waals surface area contributed by atoms with E-state index in [0.717, 1.165) is 12.1 Å². The summed E-state index contributed by atoms with van der Waals surface area (Å²) in [4.78, 5) is 26.3. The van der Waals surface area contributed by atoms with Gasteiger partial charge in [-0.1, -0.05) is 6.07 Å². The monoisotopic (exact) mass is 251 g/mol. The third-order valence-electron chi connectivity index (χ3n) is 2.42. The second-order valence-electron chi connectivity index (χ2n) is 3.75. The summed E-state index contributed by atoms with van der Waals surface area (Å²) in [5.41, 5.74) is 5.85. The van der Waals surface area contributed by atoms with E-state index in [4.69, 9.17) is 10.5 Å². The summed E-state index contributed by atoms with van der Waals surface area (Å²) >= 11 is 0. The van der Waals surface area contributed by atoms with Gasteiger partial charge in [0, 0.05) is 18.9 Å². The molecule has 1 unspecified atom stereocenters. The van der Waals surface area contributed by atoms with Gasteiger partial charge >= 0.3 is 6.09 Å². The van der Waals surface area contributed by atoms with Crippen molar-refractivity contribution in [2.45, 2.75) is 25.4 Å². The summed E-state index contributed by atoms with van der Waals surface area (Å²) in [5, 5.41) is 2.43. The predicted octanol–water partition coefficient (Wildman–Crippen LogP) is 0.614. The lowest BCUT2D eigenvalue weighted by Gasteiger charge is -2.14. The van der Waals surface area contributed by atoms with Gasteiger partial charge in [0.15, 0.2) is 6.10 Å². The molecular formula is C12H17N3O3. The molecule has 6 nitrogen and oxygen atoms in total. The Kier molecular flexibility index (Phi) is 5.63. The number of amides is 2. The first-order valence-corrected chi connectivity index (χ1v) is 5.71. The molecule has 18 heavy (non-hydrogen) atoms. The Morgan fingerprint density at radius 1 is 1.50 bits per heavy atom. The molecule has 1 aromatic heterocycles. The quantitative estimate of drug-likeness (QED) is 0.774. The molecular weight excluding hydrogens is 234 g/mol. The van der Waals surface area contributed by atoms with Gasteiger partial charge in [-0.2, -0.15) is 0 Å². The molecule has 1 rings (SSSR count). The average Bonchev–Trinajstić information content (AvgIpc) is 2.37. The number of aryl methyl sites for hydroxylation is 1. The van der Waals surface area contributed by atoms with Crippen molar-refractivity contribution in [3.63, 3.8) is 0 Å². The molecule has 0 saturated heterocycles. The van der Waals surface area contributed by atoms with E-state index in [-0.39, 0.29) is 5.91 Å². The van der Waals surface area contributed by atoms with Gasteiger partial charge in [-0.05, 0) is 31.4 Å². The van der Waals surface area contributed by atoms with Crippen LogP contribution in [0.4, 0.5) is 4.79 Å². The van der Waals surface area contributed by atoms with Crippen molar-refractivity contribution in [3.05, 3.63) is 30.1 Å². The Hall–Kier alpha value is -2.11. The number of carbonyl (C=O) groups excluding carboxylic acids is 2.